The van der Waals surface area contributed by atoms with E-state index in [9.17, 15) is 4.39 Å². The molecular formula is C17H26FN. The highest BCUT2D eigenvalue weighted by atomic mass is 19.1. The first-order valence-electron chi connectivity index (χ1n) is 7.39. The summed E-state index contributed by atoms with van der Waals surface area (Å²) in [6.45, 7) is 9.24. The standard InChI is InChI=1S/C17H26FN/c1-12-11-17(3,4)10-9-16(12)19-13(2)14-5-7-15(18)8-6-14/h5-8,12-13,16,19H,9-11H2,1-4H3. The van der Waals surface area contributed by atoms with Crippen molar-refractivity contribution >= 4 is 0 Å². The molecule has 1 aliphatic rings. The lowest BCUT2D eigenvalue weighted by molar-refractivity contribution is 0.143. The van der Waals surface area contributed by atoms with Gasteiger partial charge in [-0.1, -0.05) is 32.9 Å². The molecule has 1 saturated carbocycles. The minimum atomic E-state index is -0.163. The molecule has 1 aromatic carbocycles. The summed E-state index contributed by atoms with van der Waals surface area (Å²) in [7, 11) is 0. The summed E-state index contributed by atoms with van der Waals surface area (Å²) in [5, 5.41) is 3.72. The van der Waals surface area contributed by atoms with E-state index in [1.54, 1.807) is 12.1 Å². The summed E-state index contributed by atoms with van der Waals surface area (Å²) in [5.41, 5.74) is 1.65. The molecule has 2 heteroatoms. The summed E-state index contributed by atoms with van der Waals surface area (Å²) in [4.78, 5) is 0. The largest absolute Gasteiger partial charge is 0.307 e. The summed E-state index contributed by atoms with van der Waals surface area (Å²) in [6, 6.07) is 7.71. The Balaban J connectivity index is 1.96. The minimum absolute atomic E-state index is 0.163. The molecule has 0 aromatic heterocycles. The van der Waals surface area contributed by atoms with Crippen LogP contribution in [0.2, 0.25) is 0 Å². The van der Waals surface area contributed by atoms with Gasteiger partial charge in [0.25, 0.3) is 0 Å². The normalized spacial score (nSPS) is 28.1. The van der Waals surface area contributed by atoms with E-state index in [2.05, 4.69) is 33.0 Å². The van der Waals surface area contributed by atoms with Gasteiger partial charge >= 0.3 is 0 Å². The van der Waals surface area contributed by atoms with Gasteiger partial charge in [0.15, 0.2) is 0 Å². The quantitative estimate of drug-likeness (QED) is 0.834. The van der Waals surface area contributed by atoms with Crippen LogP contribution < -0.4 is 5.32 Å². The van der Waals surface area contributed by atoms with E-state index in [-0.39, 0.29) is 11.9 Å². The Hall–Kier alpha value is -0.890. The van der Waals surface area contributed by atoms with E-state index in [4.69, 9.17) is 0 Å². The molecule has 0 spiro atoms. The topological polar surface area (TPSA) is 12.0 Å². The highest BCUT2D eigenvalue weighted by Crippen LogP contribution is 2.39. The second-order valence-electron chi connectivity index (χ2n) is 6.93. The van der Waals surface area contributed by atoms with E-state index in [0.717, 1.165) is 0 Å². The Morgan fingerprint density at radius 2 is 1.89 bits per heavy atom. The smallest absolute Gasteiger partial charge is 0.123 e. The van der Waals surface area contributed by atoms with Crippen molar-refractivity contribution in [3.8, 4) is 0 Å². The maximum atomic E-state index is 12.9. The van der Waals surface area contributed by atoms with E-state index >= 15 is 0 Å². The molecule has 19 heavy (non-hydrogen) atoms. The number of hydrogen-bond donors (Lipinski definition) is 1. The van der Waals surface area contributed by atoms with Gasteiger partial charge in [0.2, 0.25) is 0 Å². The molecule has 1 aromatic rings. The summed E-state index contributed by atoms with van der Waals surface area (Å²) in [5.74, 6) is 0.537. The van der Waals surface area contributed by atoms with Crippen LogP contribution in [-0.2, 0) is 0 Å². The first kappa shape index (κ1) is 14.5. The van der Waals surface area contributed by atoms with Gasteiger partial charge < -0.3 is 5.32 Å². The lowest BCUT2D eigenvalue weighted by Crippen LogP contribution is -2.42. The Kier molecular flexibility index (Phi) is 4.29. The van der Waals surface area contributed by atoms with Crippen molar-refractivity contribution in [1.29, 1.82) is 0 Å². The van der Waals surface area contributed by atoms with Gasteiger partial charge in [-0.05, 0) is 55.2 Å². The van der Waals surface area contributed by atoms with E-state index in [1.165, 1.54) is 24.8 Å². The van der Waals surface area contributed by atoms with Crippen molar-refractivity contribution in [1.82, 2.24) is 5.32 Å². The van der Waals surface area contributed by atoms with E-state index in [0.29, 0.717) is 17.4 Å². The van der Waals surface area contributed by atoms with Crippen LogP contribution in [0.3, 0.4) is 0 Å². The van der Waals surface area contributed by atoms with Gasteiger partial charge in [-0.3, -0.25) is 0 Å². The third kappa shape index (κ3) is 3.79. The lowest BCUT2D eigenvalue weighted by atomic mass is 9.70. The van der Waals surface area contributed by atoms with Crippen LogP contribution in [0.4, 0.5) is 4.39 Å². The van der Waals surface area contributed by atoms with Crippen molar-refractivity contribution in [3.63, 3.8) is 0 Å². The van der Waals surface area contributed by atoms with Crippen molar-refractivity contribution in [3.05, 3.63) is 35.6 Å². The zero-order chi connectivity index (χ0) is 14.0. The Labute approximate surface area is 116 Å². The number of hydrogen-bond acceptors (Lipinski definition) is 1. The zero-order valence-electron chi connectivity index (χ0n) is 12.5. The van der Waals surface area contributed by atoms with E-state index in [1.807, 2.05) is 12.1 Å². The van der Waals surface area contributed by atoms with Gasteiger partial charge in [-0.2, -0.15) is 0 Å². The molecule has 1 aliphatic carbocycles. The van der Waals surface area contributed by atoms with E-state index < -0.39 is 0 Å². The first-order chi connectivity index (χ1) is 8.87. The zero-order valence-corrected chi connectivity index (χ0v) is 12.5. The highest BCUT2D eigenvalue weighted by molar-refractivity contribution is 5.19. The van der Waals surface area contributed by atoms with Crippen LogP contribution in [-0.4, -0.2) is 6.04 Å². The molecule has 2 rings (SSSR count). The Morgan fingerprint density at radius 1 is 1.26 bits per heavy atom. The van der Waals surface area contributed by atoms with Crippen LogP contribution >= 0.6 is 0 Å². The highest BCUT2D eigenvalue weighted by Gasteiger charge is 2.32. The fraction of sp³-hybridized carbons (Fsp3) is 0.647. The fourth-order valence-electron chi connectivity index (χ4n) is 3.36. The van der Waals surface area contributed by atoms with Crippen LogP contribution in [0.25, 0.3) is 0 Å². The van der Waals surface area contributed by atoms with Gasteiger partial charge in [0.1, 0.15) is 5.82 Å². The van der Waals surface area contributed by atoms with Crippen LogP contribution in [0.1, 0.15) is 58.6 Å². The van der Waals surface area contributed by atoms with Crippen molar-refractivity contribution in [2.45, 2.75) is 59.0 Å². The fourth-order valence-corrected chi connectivity index (χ4v) is 3.36. The molecule has 0 aliphatic heterocycles. The second-order valence-corrected chi connectivity index (χ2v) is 6.93. The number of rotatable bonds is 3. The molecule has 0 saturated heterocycles. The van der Waals surface area contributed by atoms with Gasteiger partial charge in [-0.15, -0.1) is 0 Å². The van der Waals surface area contributed by atoms with Crippen LogP contribution in [0.5, 0.6) is 0 Å². The maximum Gasteiger partial charge on any atom is 0.123 e. The summed E-state index contributed by atoms with van der Waals surface area (Å²) >= 11 is 0. The molecule has 1 N–H and O–H groups in total. The minimum Gasteiger partial charge on any atom is -0.307 e. The summed E-state index contributed by atoms with van der Waals surface area (Å²) < 4.78 is 12.9. The predicted octanol–water partition coefficient (Wildman–Crippen LogP) is 4.69. The molecule has 3 unspecified atom stereocenters. The molecule has 1 fully saturated rings. The molecule has 0 heterocycles. The third-order valence-corrected chi connectivity index (χ3v) is 4.53. The van der Waals surface area contributed by atoms with Crippen molar-refractivity contribution < 1.29 is 4.39 Å². The summed E-state index contributed by atoms with van der Waals surface area (Å²) in [6.07, 6.45) is 3.80. The first-order valence-corrected chi connectivity index (χ1v) is 7.39. The molecule has 0 amide bonds. The Morgan fingerprint density at radius 3 is 2.47 bits per heavy atom. The van der Waals surface area contributed by atoms with Crippen LogP contribution in [0.15, 0.2) is 24.3 Å². The average molecular weight is 263 g/mol. The monoisotopic (exact) mass is 263 g/mol. The number of nitrogens with one attached hydrogen (secondary N) is 1. The van der Waals surface area contributed by atoms with Crippen molar-refractivity contribution in [2.24, 2.45) is 11.3 Å². The maximum absolute atomic E-state index is 12.9. The predicted molar refractivity (Wildman–Crippen MR) is 78.5 cm³/mol. The van der Waals surface area contributed by atoms with Gasteiger partial charge in [0.05, 0.1) is 0 Å². The molecule has 3 atom stereocenters. The van der Waals surface area contributed by atoms with Gasteiger partial charge in [-0.25, -0.2) is 4.39 Å². The van der Waals surface area contributed by atoms with Gasteiger partial charge in [0, 0.05) is 12.1 Å². The molecule has 0 radical (unpaired) electrons. The molecule has 106 valence electrons. The second kappa shape index (κ2) is 5.62. The Bertz CT molecular complexity index is 410. The number of benzene rings is 1. The van der Waals surface area contributed by atoms with Crippen molar-refractivity contribution in [2.75, 3.05) is 0 Å². The SMILES string of the molecule is CC(NC1CCC(C)(C)CC1C)c1ccc(F)cc1. The molecule has 0 bridgehead atoms. The third-order valence-electron chi connectivity index (χ3n) is 4.53. The lowest BCUT2D eigenvalue weighted by Gasteiger charge is -2.40. The molecule has 1 nitrogen and oxygen atoms in total. The van der Waals surface area contributed by atoms with Crippen LogP contribution in [0, 0.1) is 17.2 Å². The molecular weight excluding hydrogens is 237 g/mol. The average Bonchev–Trinajstić information content (AvgIpc) is 2.33. The number of halogens is 1.